The molecule has 3 radical (unpaired) electrons. The summed E-state index contributed by atoms with van der Waals surface area (Å²) in [4.78, 5) is 2.13. The van der Waals surface area contributed by atoms with Crippen LogP contribution in [0.15, 0.2) is 12.1 Å². The number of hydrogen-bond acceptors (Lipinski definition) is 1. The zero-order valence-corrected chi connectivity index (χ0v) is 9.10. The Hall–Kier alpha value is -0.763. The summed E-state index contributed by atoms with van der Waals surface area (Å²) >= 11 is 0. The maximum absolute atomic E-state index is 3.56. The van der Waals surface area contributed by atoms with Gasteiger partial charge in [-0.15, -0.1) is 0 Å². The molecule has 0 amide bonds. The highest BCUT2D eigenvalue weighted by Gasteiger charge is 2.03. The van der Waals surface area contributed by atoms with Gasteiger partial charge in [-0.3, -0.25) is 0 Å². The molecule has 0 aromatic heterocycles. The van der Waals surface area contributed by atoms with E-state index in [-0.39, 0.29) is 0 Å². The Bertz CT molecular complexity index is 292. The Morgan fingerprint density at radius 3 is 2.17 bits per heavy atom. The molecule has 0 bridgehead atoms. The van der Waals surface area contributed by atoms with Crippen molar-refractivity contribution < 1.29 is 0 Å². The third-order valence-electron chi connectivity index (χ3n) is 2.24. The minimum Gasteiger partial charge on any atom is -0.377 e. The van der Waals surface area contributed by atoms with Gasteiger partial charge in [0.1, 0.15) is 0 Å². The fourth-order valence-electron chi connectivity index (χ4n) is 1.29. The first kappa shape index (κ1) is 9.33. The van der Waals surface area contributed by atoms with E-state index in [2.05, 4.69) is 55.2 Å². The van der Waals surface area contributed by atoms with E-state index in [9.17, 15) is 0 Å². The predicted octanol–water partition coefficient (Wildman–Crippen LogP) is 1.16. The zero-order valence-electron chi connectivity index (χ0n) is 8.10. The second-order valence-electron chi connectivity index (χ2n) is 3.28. The van der Waals surface area contributed by atoms with Crippen molar-refractivity contribution in [1.82, 2.24) is 0 Å². The molecule has 63 valence electrons. The molecule has 0 saturated carbocycles. The van der Waals surface area contributed by atoms with Crippen molar-refractivity contribution in [2.24, 2.45) is 0 Å². The van der Waals surface area contributed by atoms with Crippen LogP contribution in [0, 0.1) is 13.8 Å². The summed E-state index contributed by atoms with van der Waals surface area (Å²) in [6, 6.07) is 4.22. The molecule has 0 saturated heterocycles. The molecule has 0 unspecified atom stereocenters. The molecule has 0 fully saturated rings. The van der Waals surface area contributed by atoms with Gasteiger partial charge in [-0.1, -0.05) is 11.3 Å². The highest BCUT2D eigenvalue weighted by Crippen LogP contribution is 2.18. The molecule has 1 aromatic rings. The van der Waals surface area contributed by atoms with Gasteiger partial charge in [0.25, 0.3) is 0 Å². The van der Waals surface area contributed by atoms with Gasteiger partial charge < -0.3 is 4.90 Å². The fourth-order valence-corrected chi connectivity index (χ4v) is 1.56. The minimum atomic E-state index is 1.18. The monoisotopic (exact) mass is 176 g/mol. The van der Waals surface area contributed by atoms with E-state index in [1.807, 2.05) is 0 Å². The molecule has 0 aliphatic heterocycles. The van der Waals surface area contributed by atoms with Crippen LogP contribution in [0.4, 0.5) is 5.69 Å². The largest absolute Gasteiger partial charge is 0.377 e. The van der Waals surface area contributed by atoms with Crippen molar-refractivity contribution >= 4 is 21.1 Å². The first-order chi connectivity index (χ1) is 5.54. The van der Waals surface area contributed by atoms with E-state index < -0.39 is 0 Å². The quantitative estimate of drug-likeness (QED) is 0.581. The van der Waals surface area contributed by atoms with Gasteiger partial charge in [0.05, 0.1) is 10.2 Å². The molecule has 0 heterocycles. The molecular formula is C10H14NSi. The average molecular weight is 176 g/mol. The van der Waals surface area contributed by atoms with E-state index in [0.717, 1.165) is 0 Å². The van der Waals surface area contributed by atoms with Gasteiger partial charge in [-0.25, -0.2) is 0 Å². The molecule has 0 atom stereocenters. The number of nitrogens with zero attached hydrogens (tertiary/aromatic N) is 1. The zero-order chi connectivity index (χ0) is 9.30. The van der Waals surface area contributed by atoms with Crippen molar-refractivity contribution in [3.05, 3.63) is 23.3 Å². The number of anilines is 1. The lowest BCUT2D eigenvalue weighted by atomic mass is 10.1. The molecule has 1 aromatic carbocycles. The molecule has 1 nitrogen and oxygen atoms in total. The van der Waals surface area contributed by atoms with E-state index >= 15 is 0 Å². The maximum Gasteiger partial charge on any atom is 0.0715 e. The third kappa shape index (κ3) is 1.53. The van der Waals surface area contributed by atoms with E-state index in [4.69, 9.17) is 0 Å². The fraction of sp³-hybridized carbons (Fsp3) is 0.400. The normalized spacial score (nSPS) is 10.1. The Balaban J connectivity index is 3.27. The van der Waals surface area contributed by atoms with E-state index in [1.165, 1.54) is 22.0 Å². The molecule has 0 aliphatic rings. The summed E-state index contributed by atoms with van der Waals surface area (Å²) < 4.78 is 0. The van der Waals surface area contributed by atoms with Crippen LogP contribution in [0.2, 0.25) is 0 Å². The number of rotatable bonds is 1. The lowest BCUT2D eigenvalue weighted by Crippen LogP contribution is -2.15. The van der Waals surface area contributed by atoms with Crippen molar-refractivity contribution in [2.45, 2.75) is 13.8 Å². The first-order valence-corrected chi connectivity index (χ1v) is 4.53. The van der Waals surface area contributed by atoms with E-state index in [0.29, 0.717) is 0 Å². The number of benzene rings is 1. The summed E-state index contributed by atoms with van der Waals surface area (Å²) in [6.07, 6.45) is 0. The summed E-state index contributed by atoms with van der Waals surface area (Å²) in [7, 11) is 7.69. The summed E-state index contributed by atoms with van der Waals surface area (Å²) in [5, 5.41) is 1.18. The predicted molar refractivity (Wildman–Crippen MR) is 55.6 cm³/mol. The molecular weight excluding hydrogens is 162 g/mol. The Morgan fingerprint density at radius 1 is 1.08 bits per heavy atom. The molecule has 0 spiro atoms. The van der Waals surface area contributed by atoms with E-state index in [1.54, 1.807) is 0 Å². The van der Waals surface area contributed by atoms with Crippen LogP contribution in [0.25, 0.3) is 0 Å². The van der Waals surface area contributed by atoms with Crippen LogP contribution >= 0.6 is 0 Å². The Morgan fingerprint density at radius 2 is 1.67 bits per heavy atom. The SMILES string of the molecule is Cc1c([Si])ccc(N(C)C)c1C. The second-order valence-corrected chi connectivity index (χ2v) is 3.82. The van der Waals surface area contributed by atoms with Crippen LogP contribution in [0.5, 0.6) is 0 Å². The van der Waals surface area contributed by atoms with Gasteiger partial charge in [0.15, 0.2) is 0 Å². The van der Waals surface area contributed by atoms with Gasteiger partial charge in [0, 0.05) is 19.8 Å². The third-order valence-corrected chi connectivity index (χ3v) is 2.78. The summed E-state index contributed by atoms with van der Waals surface area (Å²) in [5.41, 5.74) is 3.94. The van der Waals surface area contributed by atoms with Crippen LogP contribution in [-0.2, 0) is 0 Å². The van der Waals surface area contributed by atoms with Gasteiger partial charge in [-0.05, 0) is 31.0 Å². The summed E-state index contributed by atoms with van der Waals surface area (Å²) in [6.45, 7) is 4.28. The molecule has 0 N–H and O–H groups in total. The standard InChI is InChI=1S/C10H14NSi/c1-7-8(2)10(12)6-5-9(7)11(3)4/h5-6H,1-4H3. The minimum absolute atomic E-state index is 1.18. The highest BCUT2D eigenvalue weighted by molar-refractivity contribution is 6.33. The van der Waals surface area contributed by atoms with Gasteiger partial charge in [0.2, 0.25) is 0 Å². The van der Waals surface area contributed by atoms with Crippen molar-refractivity contribution in [1.29, 1.82) is 0 Å². The highest BCUT2D eigenvalue weighted by atomic mass is 28.1. The van der Waals surface area contributed by atoms with Crippen LogP contribution < -0.4 is 10.1 Å². The van der Waals surface area contributed by atoms with Crippen molar-refractivity contribution in [3.63, 3.8) is 0 Å². The molecule has 0 aliphatic carbocycles. The first-order valence-electron chi connectivity index (χ1n) is 4.03. The average Bonchev–Trinajstić information content (AvgIpc) is 2.00. The van der Waals surface area contributed by atoms with Gasteiger partial charge in [-0.2, -0.15) is 0 Å². The molecule has 1 rings (SSSR count). The van der Waals surface area contributed by atoms with Crippen molar-refractivity contribution in [2.75, 3.05) is 19.0 Å². The second kappa shape index (κ2) is 3.31. The van der Waals surface area contributed by atoms with Crippen LogP contribution in [-0.4, -0.2) is 24.3 Å². The lowest BCUT2D eigenvalue weighted by molar-refractivity contribution is 1.11. The topological polar surface area (TPSA) is 3.24 Å². The lowest BCUT2D eigenvalue weighted by Gasteiger charge is -2.18. The number of hydrogen-bond donors (Lipinski definition) is 0. The Kier molecular flexibility index (Phi) is 2.57. The van der Waals surface area contributed by atoms with Crippen LogP contribution in [0.3, 0.4) is 0 Å². The van der Waals surface area contributed by atoms with Gasteiger partial charge >= 0.3 is 0 Å². The maximum atomic E-state index is 3.56. The molecule has 12 heavy (non-hydrogen) atoms. The Labute approximate surface area is 77.8 Å². The van der Waals surface area contributed by atoms with Crippen molar-refractivity contribution in [3.8, 4) is 0 Å². The smallest absolute Gasteiger partial charge is 0.0715 e. The summed E-state index contributed by atoms with van der Waals surface area (Å²) in [5.74, 6) is 0. The molecule has 2 heteroatoms. The van der Waals surface area contributed by atoms with Crippen LogP contribution in [0.1, 0.15) is 11.1 Å².